The van der Waals surface area contributed by atoms with E-state index in [-0.39, 0.29) is 27.6 Å². The summed E-state index contributed by atoms with van der Waals surface area (Å²) in [7, 11) is 0. The Balaban J connectivity index is 1.31. The molecule has 1 fully saturated rings. The summed E-state index contributed by atoms with van der Waals surface area (Å²) in [5.41, 5.74) is 1.48. The molecule has 0 radical (unpaired) electrons. The average molecular weight is 591 g/mol. The van der Waals surface area contributed by atoms with Gasteiger partial charge in [-0.05, 0) is 69.1 Å². The largest absolute Gasteiger partial charge is 0.485 e. The Labute approximate surface area is 231 Å². The third-order valence-electron chi connectivity index (χ3n) is 6.76. The minimum Gasteiger partial charge on any atom is -0.485 e. The molecular weight excluding hydrogens is 561 g/mol. The van der Waals surface area contributed by atoms with Gasteiger partial charge >= 0.3 is 0 Å². The molecule has 1 N–H and O–H groups in total. The maximum absolute atomic E-state index is 12.5. The topological polar surface area (TPSA) is 54.5 Å². The molecule has 2 atom stereocenters. The van der Waals surface area contributed by atoms with Crippen LogP contribution in [0.1, 0.15) is 48.2 Å². The van der Waals surface area contributed by atoms with Crippen molar-refractivity contribution in [2.45, 2.75) is 38.3 Å². The molecule has 4 rings (SSSR count). The Morgan fingerprint density at radius 1 is 1.08 bits per heavy atom. The van der Waals surface area contributed by atoms with Gasteiger partial charge in [-0.25, -0.2) is 0 Å². The molecule has 0 saturated carbocycles. The number of ether oxygens (including phenoxy) is 1. The highest BCUT2D eigenvalue weighted by molar-refractivity contribution is 9.10. The van der Waals surface area contributed by atoms with Gasteiger partial charge in [-0.15, -0.1) is 0 Å². The number of likely N-dealkylation sites (tertiary alicyclic amines) is 1. The summed E-state index contributed by atoms with van der Waals surface area (Å²) in [6, 6.07) is 18.9. The summed E-state index contributed by atoms with van der Waals surface area (Å²) in [6.07, 6.45) is 5.80. The van der Waals surface area contributed by atoms with Crippen LogP contribution in [0.5, 0.6) is 5.75 Å². The molecule has 5 nitrogen and oxygen atoms in total. The van der Waals surface area contributed by atoms with Gasteiger partial charge in [-0.1, -0.05) is 69.5 Å². The number of aromatic nitrogens is 1. The van der Waals surface area contributed by atoms with Gasteiger partial charge in [0.25, 0.3) is 5.91 Å². The van der Waals surface area contributed by atoms with Crippen LogP contribution in [0, 0.1) is 5.92 Å². The Morgan fingerprint density at radius 2 is 1.72 bits per heavy atom. The van der Waals surface area contributed by atoms with Crippen molar-refractivity contribution in [3.63, 3.8) is 0 Å². The molecule has 1 aliphatic heterocycles. The van der Waals surface area contributed by atoms with Crippen LogP contribution in [0.2, 0.25) is 10.0 Å². The predicted molar refractivity (Wildman–Crippen MR) is 149 cm³/mol. The fraction of sp³-hybridized carbons (Fsp3) is 0.357. The first-order chi connectivity index (χ1) is 17.4. The number of hydrogen-bond donors (Lipinski definition) is 1. The number of hydrogen-bond acceptors (Lipinski definition) is 4. The normalized spacial score (nSPS) is 16.3. The van der Waals surface area contributed by atoms with Crippen molar-refractivity contribution >= 4 is 45.0 Å². The number of nitrogens with one attached hydrogen (secondary N) is 1. The lowest BCUT2D eigenvalue weighted by Gasteiger charge is -2.39. The third kappa shape index (κ3) is 7.00. The summed E-state index contributed by atoms with van der Waals surface area (Å²) in [4.78, 5) is 18.9. The average Bonchev–Trinajstić information content (AvgIpc) is 2.88. The number of carbonyl (C=O) groups excluding carboxylic acids is 1. The van der Waals surface area contributed by atoms with Gasteiger partial charge in [0, 0.05) is 35.4 Å². The molecule has 2 unspecified atom stereocenters. The van der Waals surface area contributed by atoms with Crippen LogP contribution in [0.25, 0.3) is 0 Å². The van der Waals surface area contributed by atoms with Crippen molar-refractivity contribution in [2.24, 2.45) is 5.92 Å². The van der Waals surface area contributed by atoms with Crippen molar-refractivity contribution in [1.29, 1.82) is 0 Å². The second kappa shape index (κ2) is 12.9. The second-order valence-electron chi connectivity index (χ2n) is 9.15. The van der Waals surface area contributed by atoms with Crippen molar-refractivity contribution in [3.8, 4) is 5.75 Å². The molecular formula is C28H30BrCl2N3O2. The van der Waals surface area contributed by atoms with Crippen LogP contribution in [-0.2, 0) is 0 Å². The lowest BCUT2D eigenvalue weighted by molar-refractivity contribution is 0.0605. The number of amides is 1. The van der Waals surface area contributed by atoms with Gasteiger partial charge in [0.05, 0.1) is 15.6 Å². The van der Waals surface area contributed by atoms with E-state index in [1.165, 1.54) is 18.0 Å². The van der Waals surface area contributed by atoms with E-state index in [0.29, 0.717) is 18.5 Å². The number of carbonyl (C=O) groups is 1. The van der Waals surface area contributed by atoms with Gasteiger partial charge in [-0.3, -0.25) is 9.78 Å². The van der Waals surface area contributed by atoms with Gasteiger partial charge in [0.2, 0.25) is 0 Å². The first-order valence-electron chi connectivity index (χ1n) is 12.2. The molecule has 0 aliphatic carbocycles. The van der Waals surface area contributed by atoms with E-state index in [1.54, 1.807) is 0 Å². The summed E-state index contributed by atoms with van der Waals surface area (Å²) < 4.78 is 7.58. The number of nitrogens with zero attached hydrogens (tertiary/aromatic N) is 2. The predicted octanol–water partition coefficient (Wildman–Crippen LogP) is 7.19. The van der Waals surface area contributed by atoms with E-state index in [2.05, 4.69) is 62.3 Å². The molecule has 1 amide bonds. The van der Waals surface area contributed by atoms with Crippen molar-refractivity contribution < 1.29 is 9.53 Å². The molecule has 1 aliphatic rings. The van der Waals surface area contributed by atoms with Gasteiger partial charge in [0.15, 0.2) is 0 Å². The molecule has 2 aromatic carbocycles. The zero-order valence-electron chi connectivity index (χ0n) is 20.2. The van der Waals surface area contributed by atoms with E-state index < -0.39 is 0 Å². The lowest BCUT2D eigenvalue weighted by atomic mass is 9.86. The number of halogens is 3. The van der Waals surface area contributed by atoms with E-state index in [1.807, 2.05) is 30.3 Å². The Morgan fingerprint density at radius 3 is 2.36 bits per heavy atom. The monoisotopic (exact) mass is 589 g/mol. The summed E-state index contributed by atoms with van der Waals surface area (Å²) in [5.74, 6) is 1.05. The zero-order chi connectivity index (χ0) is 25.5. The standard InChI is InChI=1S/C28H30BrCl2N3O2/c1-19(11-14-33-28(35)26-24(30)17-32-18-25(26)31)34-15-12-21(13-16-34)27(20-7-9-22(29)10-8-20)36-23-5-3-2-4-6-23/h2-10,17-19,21,27H,11-16H2,1H3,(H,33,35). The van der Waals surface area contributed by atoms with E-state index >= 15 is 0 Å². The van der Waals surface area contributed by atoms with Gasteiger partial charge in [0.1, 0.15) is 11.9 Å². The Bertz CT molecular complexity index is 1120. The molecule has 36 heavy (non-hydrogen) atoms. The molecule has 3 aromatic rings. The smallest absolute Gasteiger partial charge is 0.254 e. The quantitative estimate of drug-likeness (QED) is 0.286. The van der Waals surface area contributed by atoms with E-state index in [4.69, 9.17) is 27.9 Å². The third-order valence-corrected chi connectivity index (χ3v) is 7.86. The van der Waals surface area contributed by atoms with Crippen LogP contribution >= 0.6 is 39.1 Å². The SMILES string of the molecule is CC(CCNC(=O)c1c(Cl)cncc1Cl)N1CCC(C(Oc2ccccc2)c2ccc(Br)cc2)CC1. The highest BCUT2D eigenvalue weighted by atomic mass is 79.9. The van der Waals surface area contributed by atoms with Gasteiger partial charge < -0.3 is 15.0 Å². The Kier molecular flexibility index (Phi) is 9.66. The van der Waals surface area contributed by atoms with E-state index in [9.17, 15) is 4.79 Å². The summed E-state index contributed by atoms with van der Waals surface area (Å²) in [6.45, 7) is 4.75. The van der Waals surface area contributed by atoms with Crippen molar-refractivity contribution in [2.75, 3.05) is 19.6 Å². The minimum atomic E-state index is -0.270. The zero-order valence-corrected chi connectivity index (χ0v) is 23.3. The molecule has 1 saturated heterocycles. The molecule has 2 heterocycles. The maximum atomic E-state index is 12.5. The number of rotatable bonds is 9. The van der Waals surface area contributed by atoms with Crippen LogP contribution in [0.4, 0.5) is 0 Å². The van der Waals surface area contributed by atoms with Crippen molar-refractivity contribution in [1.82, 2.24) is 15.2 Å². The summed E-state index contributed by atoms with van der Waals surface area (Å²) >= 11 is 15.7. The molecule has 8 heteroatoms. The fourth-order valence-corrected chi connectivity index (χ4v) is 5.49. The van der Waals surface area contributed by atoms with Crippen LogP contribution in [-0.4, -0.2) is 41.5 Å². The highest BCUT2D eigenvalue weighted by Gasteiger charge is 2.31. The number of benzene rings is 2. The Hall–Kier alpha value is -2.12. The van der Waals surface area contributed by atoms with Crippen LogP contribution in [0.3, 0.4) is 0 Å². The molecule has 1 aromatic heterocycles. The maximum Gasteiger partial charge on any atom is 0.254 e. The molecule has 190 valence electrons. The number of pyridine rings is 1. The molecule has 0 spiro atoms. The van der Waals surface area contributed by atoms with Crippen molar-refractivity contribution in [3.05, 3.63) is 92.6 Å². The number of piperidine rings is 1. The summed E-state index contributed by atoms with van der Waals surface area (Å²) in [5, 5.41) is 3.46. The van der Waals surface area contributed by atoms with E-state index in [0.717, 1.165) is 42.6 Å². The minimum absolute atomic E-state index is 0.00658. The number of para-hydroxylation sites is 1. The fourth-order valence-electron chi connectivity index (χ4n) is 4.69. The van der Waals surface area contributed by atoms with Crippen LogP contribution in [0.15, 0.2) is 71.5 Å². The first kappa shape index (κ1) is 26.9. The highest BCUT2D eigenvalue weighted by Crippen LogP contribution is 2.36. The second-order valence-corrected chi connectivity index (χ2v) is 10.9. The van der Waals surface area contributed by atoms with Crippen LogP contribution < -0.4 is 10.1 Å². The lowest BCUT2D eigenvalue weighted by Crippen LogP contribution is -2.43. The molecule has 0 bridgehead atoms. The van der Waals surface area contributed by atoms with Gasteiger partial charge in [-0.2, -0.15) is 0 Å². The first-order valence-corrected chi connectivity index (χ1v) is 13.8.